The molecule has 1 aromatic heterocycles. The average molecular weight is 725 g/mol. The highest BCUT2D eigenvalue weighted by molar-refractivity contribution is 7.96. The third-order valence-electron chi connectivity index (χ3n) is 10.7. The van der Waals surface area contributed by atoms with E-state index in [0.717, 1.165) is 80.4 Å². The number of fused-ring (bicyclic) bond motifs is 2. The molecule has 1 saturated carbocycles. The van der Waals surface area contributed by atoms with Gasteiger partial charge in [0, 0.05) is 24.3 Å². The summed E-state index contributed by atoms with van der Waals surface area (Å²) in [5.41, 5.74) is 3.13. The van der Waals surface area contributed by atoms with Gasteiger partial charge in [0.05, 0.1) is 23.8 Å². The number of nitrogens with zero attached hydrogens (tertiary/aromatic N) is 3. The van der Waals surface area contributed by atoms with Crippen molar-refractivity contribution >= 4 is 25.2 Å². The van der Waals surface area contributed by atoms with Crippen LogP contribution in [0.25, 0.3) is 11.3 Å². The molecule has 3 heterocycles. The molecule has 4 unspecified atom stereocenters. The Kier molecular flexibility index (Phi) is 12.1. The number of rotatable bonds is 8. The zero-order chi connectivity index (χ0) is 36.3. The minimum absolute atomic E-state index is 0.00984. The maximum atomic E-state index is 13.8. The van der Waals surface area contributed by atoms with Crippen LogP contribution in [0.4, 0.5) is 10.3 Å². The van der Waals surface area contributed by atoms with Gasteiger partial charge < -0.3 is 14.4 Å². The number of aryl methyl sites for hydroxylation is 2. The van der Waals surface area contributed by atoms with Crippen LogP contribution >= 0.6 is 9.24 Å². The van der Waals surface area contributed by atoms with Crippen LogP contribution in [0.5, 0.6) is 5.88 Å². The first-order valence-electron chi connectivity index (χ1n) is 17.9. The lowest BCUT2D eigenvalue weighted by atomic mass is 9.52. The maximum Gasteiger partial charge on any atom is 0.264 e. The van der Waals surface area contributed by atoms with Crippen molar-refractivity contribution in [2.24, 2.45) is 29.1 Å². The molecule has 8 nitrogen and oxygen atoms in total. The largest absolute Gasteiger partial charge is 0.477 e. The molecular weight excluding hydrogens is 670 g/mol. The molecule has 1 spiro atoms. The van der Waals surface area contributed by atoms with Crippen molar-refractivity contribution in [1.82, 2.24) is 14.9 Å². The number of nitrogens with one attached hydrogen (secondary N) is 1. The highest BCUT2D eigenvalue weighted by Gasteiger charge is 2.49. The SMILES string of the molecule is C#C/C=C1\C=C(/C)CC(C2CC3(CCN(CCOC(C)(F)P)CC3)C2)C(CC(C)C)COc2cc(-c3c(C)cccc3C)nc(n2)NS1(=O)=O. The summed E-state index contributed by atoms with van der Waals surface area (Å²) in [5, 5.41) is 0. The molecule has 4 atom stereocenters. The van der Waals surface area contributed by atoms with Crippen LogP contribution in [0.15, 0.2) is 46.9 Å². The van der Waals surface area contributed by atoms with Gasteiger partial charge in [-0.25, -0.2) is 22.5 Å². The van der Waals surface area contributed by atoms with Crippen LogP contribution in [0.1, 0.15) is 77.3 Å². The van der Waals surface area contributed by atoms with Crippen LogP contribution < -0.4 is 9.46 Å². The van der Waals surface area contributed by atoms with Crippen molar-refractivity contribution in [3.63, 3.8) is 0 Å². The Hall–Kier alpha value is -2.83. The van der Waals surface area contributed by atoms with E-state index < -0.39 is 15.6 Å². The number of terminal acetylenes is 1. The molecule has 1 aliphatic carbocycles. The van der Waals surface area contributed by atoms with E-state index in [1.165, 1.54) is 13.0 Å². The lowest BCUT2D eigenvalue weighted by Crippen LogP contribution is -2.50. The van der Waals surface area contributed by atoms with Gasteiger partial charge in [-0.05, 0) is 126 Å². The van der Waals surface area contributed by atoms with E-state index in [-0.39, 0.29) is 22.7 Å². The zero-order valence-corrected chi connectivity index (χ0v) is 32.4. The fourth-order valence-electron chi connectivity index (χ4n) is 8.29. The lowest BCUT2D eigenvalue weighted by Gasteiger charge is -2.56. The monoisotopic (exact) mass is 724 g/mol. The quantitative estimate of drug-likeness (QED) is 0.218. The second-order valence-corrected chi connectivity index (χ2v) is 18.1. The lowest BCUT2D eigenvalue weighted by molar-refractivity contribution is -0.0789. The van der Waals surface area contributed by atoms with Gasteiger partial charge in [0.25, 0.3) is 10.0 Å². The fourth-order valence-corrected chi connectivity index (χ4v) is 9.44. The van der Waals surface area contributed by atoms with E-state index in [1.807, 2.05) is 45.0 Å². The van der Waals surface area contributed by atoms with E-state index in [2.05, 4.69) is 48.6 Å². The normalized spacial score (nSPS) is 25.8. The van der Waals surface area contributed by atoms with E-state index in [9.17, 15) is 12.8 Å². The Morgan fingerprint density at radius 2 is 1.90 bits per heavy atom. The van der Waals surface area contributed by atoms with Crippen molar-refractivity contribution in [2.45, 2.75) is 85.7 Å². The first-order chi connectivity index (χ1) is 23.6. The maximum absolute atomic E-state index is 13.8. The number of hydrogen-bond donors (Lipinski definition) is 1. The molecule has 2 bridgehead atoms. The molecule has 0 amide bonds. The molecule has 5 rings (SSSR count). The van der Waals surface area contributed by atoms with Crippen LogP contribution in [0, 0.1) is 55.3 Å². The molecular formula is C39H54FN4O4PS. The molecule has 3 aliphatic rings. The van der Waals surface area contributed by atoms with Crippen molar-refractivity contribution in [3.05, 3.63) is 58.0 Å². The van der Waals surface area contributed by atoms with Crippen LogP contribution in [0.2, 0.25) is 0 Å². The van der Waals surface area contributed by atoms with Gasteiger partial charge in [-0.15, -0.1) is 6.42 Å². The van der Waals surface area contributed by atoms with E-state index >= 15 is 0 Å². The molecule has 2 aromatic rings. The van der Waals surface area contributed by atoms with Crippen LogP contribution in [0.3, 0.4) is 0 Å². The molecule has 11 heteroatoms. The third kappa shape index (κ3) is 9.73. The Balaban J connectivity index is 1.44. The summed E-state index contributed by atoms with van der Waals surface area (Å²) < 4.78 is 55.8. The van der Waals surface area contributed by atoms with Gasteiger partial charge in [-0.1, -0.05) is 52.8 Å². The highest BCUT2D eigenvalue weighted by Crippen LogP contribution is 2.57. The highest BCUT2D eigenvalue weighted by atomic mass is 32.2. The number of aromatic nitrogens is 2. The van der Waals surface area contributed by atoms with E-state index in [4.69, 9.17) is 15.9 Å². The van der Waals surface area contributed by atoms with E-state index in [0.29, 0.717) is 42.0 Å². The van der Waals surface area contributed by atoms with Crippen LogP contribution in [-0.4, -0.2) is 61.7 Å². The summed E-state index contributed by atoms with van der Waals surface area (Å²) >= 11 is 0. The van der Waals surface area contributed by atoms with Gasteiger partial charge in [-0.2, -0.15) is 4.98 Å². The van der Waals surface area contributed by atoms with Gasteiger partial charge in [0.2, 0.25) is 17.4 Å². The summed E-state index contributed by atoms with van der Waals surface area (Å²) in [6.45, 7) is 15.5. The van der Waals surface area contributed by atoms with Gasteiger partial charge >= 0.3 is 0 Å². The first-order valence-corrected chi connectivity index (χ1v) is 19.9. The Morgan fingerprint density at radius 1 is 1.22 bits per heavy atom. The minimum Gasteiger partial charge on any atom is -0.477 e. The number of likely N-dealkylation sites (tertiary alicyclic amines) is 1. The van der Waals surface area contributed by atoms with Gasteiger partial charge in [-0.3, -0.25) is 0 Å². The topological polar surface area (TPSA) is 93.7 Å². The number of sulfonamides is 1. The summed E-state index contributed by atoms with van der Waals surface area (Å²) in [4.78, 5) is 11.6. The number of piperidine rings is 1. The molecule has 1 saturated heterocycles. The standard InChI is InChI=1S/C39H54FN4O4PS/c1-8-10-32-20-27(4)21-33(31-23-39(24-31)13-15-44(16-14-39)17-18-48-38(7,40)49)30(19-26(2)3)25-47-35-22-34(36-28(5)11-9-12-29(36)6)41-37(42-35)43-50(32,45)46/h1,9-12,20,22,26,30-31,33H,13-19,21,23-25,49H2,2-7H3,(H,41,42,43)/b27-20+,32-10+. The molecule has 0 radical (unpaired) electrons. The van der Waals surface area contributed by atoms with Gasteiger partial charge in [0.1, 0.15) is 0 Å². The number of halogens is 1. The Morgan fingerprint density at radius 3 is 2.52 bits per heavy atom. The van der Waals surface area contributed by atoms with E-state index in [1.54, 1.807) is 6.08 Å². The number of allylic oxidation sites excluding steroid dienone is 3. The number of anilines is 1. The molecule has 1 N–H and O–H groups in total. The van der Waals surface area contributed by atoms with Crippen molar-refractivity contribution < 1.29 is 22.3 Å². The second kappa shape index (κ2) is 15.8. The second-order valence-electron chi connectivity index (χ2n) is 15.4. The summed E-state index contributed by atoms with van der Waals surface area (Å²) in [6.07, 6.45) is 14.9. The molecule has 2 fully saturated rings. The summed E-state index contributed by atoms with van der Waals surface area (Å²) in [6, 6.07) is 7.84. The number of hydrogen-bond acceptors (Lipinski definition) is 7. The van der Waals surface area contributed by atoms with Crippen LogP contribution in [-0.2, 0) is 14.8 Å². The third-order valence-corrected chi connectivity index (χ3v) is 12.2. The first kappa shape index (κ1) is 38.4. The Bertz CT molecular complexity index is 1710. The van der Waals surface area contributed by atoms with Crippen molar-refractivity contribution in [1.29, 1.82) is 0 Å². The average Bonchev–Trinajstić information content (AvgIpc) is 3.00. The number of ether oxygens (including phenoxy) is 2. The minimum atomic E-state index is -4.10. The molecule has 50 heavy (non-hydrogen) atoms. The predicted octanol–water partition coefficient (Wildman–Crippen LogP) is 8.05. The summed E-state index contributed by atoms with van der Waals surface area (Å²) in [5.74, 6) is 4.16. The molecule has 272 valence electrons. The number of alkyl halides is 1. The predicted molar refractivity (Wildman–Crippen MR) is 203 cm³/mol. The Labute approximate surface area is 301 Å². The molecule has 2 aliphatic heterocycles. The fraction of sp³-hybridized carbons (Fsp3) is 0.590. The van der Waals surface area contributed by atoms with Crippen molar-refractivity contribution in [3.8, 4) is 29.5 Å². The molecule has 1 aromatic carbocycles. The smallest absolute Gasteiger partial charge is 0.264 e. The summed E-state index contributed by atoms with van der Waals surface area (Å²) in [7, 11) is -2.01. The van der Waals surface area contributed by atoms with Gasteiger partial charge in [0.15, 0.2) is 0 Å². The van der Waals surface area contributed by atoms with Crippen molar-refractivity contribution in [2.75, 3.05) is 37.6 Å². The number of benzene rings is 1. The zero-order valence-electron chi connectivity index (χ0n) is 30.5.